The fourth-order valence-corrected chi connectivity index (χ4v) is 2.98. The molecular formula is C15H23N5O3. The Morgan fingerprint density at radius 2 is 2.09 bits per heavy atom. The average Bonchev–Trinajstić information content (AvgIpc) is 3.26. The molecule has 8 heteroatoms. The van der Waals surface area contributed by atoms with E-state index >= 15 is 0 Å². The minimum Gasteiger partial charge on any atom is -0.448 e. The van der Waals surface area contributed by atoms with Crippen LogP contribution in [0.4, 0.5) is 4.79 Å². The summed E-state index contributed by atoms with van der Waals surface area (Å²) in [4.78, 5) is 16.0. The monoisotopic (exact) mass is 321 g/mol. The molecule has 0 N–H and O–H groups in total. The molecule has 0 aromatic carbocycles. The van der Waals surface area contributed by atoms with E-state index in [0.29, 0.717) is 25.6 Å². The Bertz CT molecular complexity index is 547. The molecule has 2 aliphatic heterocycles. The van der Waals surface area contributed by atoms with Gasteiger partial charge in [0.1, 0.15) is 6.61 Å². The lowest BCUT2D eigenvalue weighted by Gasteiger charge is -2.38. The maximum Gasteiger partial charge on any atom is 0.409 e. The van der Waals surface area contributed by atoms with E-state index in [4.69, 9.17) is 9.47 Å². The van der Waals surface area contributed by atoms with E-state index in [1.54, 1.807) is 4.90 Å². The van der Waals surface area contributed by atoms with Crippen molar-refractivity contribution in [2.24, 2.45) is 0 Å². The van der Waals surface area contributed by atoms with Crippen LogP contribution in [0.3, 0.4) is 0 Å². The summed E-state index contributed by atoms with van der Waals surface area (Å²) in [7, 11) is 0. The van der Waals surface area contributed by atoms with Crippen LogP contribution in [0.25, 0.3) is 0 Å². The molecule has 0 spiro atoms. The Balaban J connectivity index is 1.16. The van der Waals surface area contributed by atoms with Crippen molar-refractivity contribution in [1.29, 1.82) is 0 Å². The molecule has 4 rings (SSSR count). The maximum atomic E-state index is 12.0. The highest BCUT2D eigenvalue weighted by atomic mass is 16.6. The van der Waals surface area contributed by atoms with Gasteiger partial charge in [0.25, 0.3) is 0 Å². The molecule has 0 radical (unpaired) electrons. The second-order valence-corrected chi connectivity index (χ2v) is 6.52. The summed E-state index contributed by atoms with van der Waals surface area (Å²) in [6.45, 7) is 5.89. The summed E-state index contributed by atoms with van der Waals surface area (Å²) in [6.07, 6.45) is 4.26. The molecule has 0 unspecified atom stereocenters. The predicted octanol–water partition coefficient (Wildman–Crippen LogP) is 0.481. The summed E-state index contributed by atoms with van der Waals surface area (Å²) < 4.78 is 12.5. The van der Waals surface area contributed by atoms with Gasteiger partial charge < -0.3 is 14.4 Å². The zero-order valence-corrected chi connectivity index (χ0v) is 13.3. The Kier molecular flexibility index (Phi) is 4.17. The molecule has 1 aromatic rings. The largest absolute Gasteiger partial charge is 0.448 e. The molecule has 1 saturated carbocycles. The van der Waals surface area contributed by atoms with Crippen molar-refractivity contribution < 1.29 is 14.3 Å². The maximum absolute atomic E-state index is 12.0. The fourth-order valence-electron chi connectivity index (χ4n) is 2.98. The normalized spacial score (nSPS) is 22.9. The molecule has 1 aromatic heterocycles. The smallest absolute Gasteiger partial charge is 0.409 e. The van der Waals surface area contributed by atoms with Crippen LogP contribution in [0.2, 0.25) is 0 Å². The first-order valence-electron chi connectivity index (χ1n) is 8.43. The quantitative estimate of drug-likeness (QED) is 0.785. The van der Waals surface area contributed by atoms with Gasteiger partial charge in [0, 0.05) is 44.8 Å². The summed E-state index contributed by atoms with van der Waals surface area (Å²) >= 11 is 0. The Morgan fingerprint density at radius 3 is 2.83 bits per heavy atom. The van der Waals surface area contributed by atoms with E-state index in [2.05, 4.69) is 15.2 Å². The standard InChI is InChI=1S/C15H23N5O3/c21-15(23-8-5-18-3-6-22-7-4-18)19-9-13(10-19)20-11-14(16-17-20)12-1-2-12/h11-13H,1-10H2. The Hall–Kier alpha value is -1.67. The second-order valence-electron chi connectivity index (χ2n) is 6.52. The summed E-state index contributed by atoms with van der Waals surface area (Å²) in [5.41, 5.74) is 1.09. The van der Waals surface area contributed by atoms with Gasteiger partial charge in [0.05, 0.1) is 24.9 Å². The van der Waals surface area contributed by atoms with Gasteiger partial charge in [-0.05, 0) is 12.8 Å². The van der Waals surface area contributed by atoms with Gasteiger partial charge in [-0.2, -0.15) is 0 Å². The highest BCUT2D eigenvalue weighted by Gasteiger charge is 2.35. The molecule has 1 amide bonds. The van der Waals surface area contributed by atoms with Gasteiger partial charge in [-0.3, -0.25) is 4.90 Å². The van der Waals surface area contributed by atoms with E-state index < -0.39 is 0 Å². The number of amides is 1. The fraction of sp³-hybridized carbons (Fsp3) is 0.800. The number of likely N-dealkylation sites (tertiary alicyclic amines) is 1. The van der Waals surface area contributed by atoms with Crippen molar-refractivity contribution in [3.8, 4) is 0 Å². The molecule has 126 valence electrons. The van der Waals surface area contributed by atoms with Crippen LogP contribution in [0, 0.1) is 0 Å². The molecule has 3 fully saturated rings. The number of hydrogen-bond acceptors (Lipinski definition) is 6. The lowest BCUT2D eigenvalue weighted by molar-refractivity contribution is 0.0176. The van der Waals surface area contributed by atoms with E-state index in [1.165, 1.54) is 12.8 Å². The number of nitrogens with zero attached hydrogens (tertiary/aromatic N) is 5. The van der Waals surface area contributed by atoms with Crippen molar-refractivity contribution >= 4 is 6.09 Å². The molecule has 8 nitrogen and oxygen atoms in total. The van der Waals surface area contributed by atoms with Crippen LogP contribution >= 0.6 is 0 Å². The first-order chi connectivity index (χ1) is 11.3. The number of carbonyl (C=O) groups is 1. The molecule has 1 aliphatic carbocycles. The van der Waals surface area contributed by atoms with Crippen LogP contribution < -0.4 is 0 Å². The van der Waals surface area contributed by atoms with Gasteiger partial charge in [-0.25, -0.2) is 9.48 Å². The van der Waals surface area contributed by atoms with Gasteiger partial charge in [0.2, 0.25) is 0 Å². The van der Waals surface area contributed by atoms with Gasteiger partial charge >= 0.3 is 6.09 Å². The molecule has 0 atom stereocenters. The van der Waals surface area contributed by atoms with Gasteiger partial charge in [-0.15, -0.1) is 5.10 Å². The van der Waals surface area contributed by atoms with Gasteiger partial charge in [-0.1, -0.05) is 5.21 Å². The van der Waals surface area contributed by atoms with Crippen LogP contribution in [0.5, 0.6) is 0 Å². The lowest BCUT2D eigenvalue weighted by atomic mass is 10.1. The van der Waals surface area contributed by atoms with Crippen LogP contribution in [-0.4, -0.2) is 83.4 Å². The number of hydrogen-bond donors (Lipinski definition) is 0. The predicted molar refractivity (Wildman–Crippen MR) is 81.2 cm³/mol. The molecule has 2 saturated heterocycles. The zero-order chi connectivity index (χ0) is 15.6. The summed E-state index contributed by atoms with van der Waals surface area (Å²) in [5, 5.41) is 8.40. The third-order valence-electron chi connectivity index (χ3n) is 4.75. The summed E-state index contributed by atoms with van der Waals surface area (Å²) in [6, 6.07) is 0.238. The van der Waals surface area contributed by atoms with Gasteiger partial charge in [0.15, 0.2) is 0 Å². The molecule has 0 bridgehead atoms. The third-order valence-corrected chi connectivity index (χ3v) is 4.75. The van der Waals surface area contributed by atoms with Crippen molar-refractivity contribution in [3.05, 3.63) is 11.9 Å². The number of carbonyl (C=O) groups excluding carboxylic acids is 1. The van der Waals surface area contributed by atoms with E-state index in [1.807, 2.05) is 10.9 Å². The molecule has 23 heavy (non-hydrogen) atoms. The highest BCUT2D eigenvalue weighted by Crippen LogP contribution is 2.39. The Morgan fingerprint density at radius 1 is 1.30 bits per heavy atom. The first kappa shape index (κ1) is 14.9. The summed E-state index contributed by atoms with van der Waals surface area (Å²) in [5.74, 6) is 0.616. The van der Waals surface area contributed by atoms with Crippen LogP contribution in [0.1, 0.15) is 30.5 Å². The third kappa shape index (κ3) is 3.48. The first-order valence-corrected chi connectivity index (χ1v) is 8.43. The van der Waals surface area contributed by atoms with E-state index in [0.717, 1.165) is 38.5 Å². The minimum absolute atomic E-state index is 0.225. The van der Waals surface area contributed by atoms with Crippen LogP contribution in [0.15, 0.2) is 6.20 Å². The zero-order valence-electron chi connectivity index (χ0n) is 13.3. The highest BCUT2D eigenvalue weighted by molar-refractivity contribution is 5.68. The molecule has 3 aliphatic rings. The number of morpholine rings is 1. The number of rotatable bonds is 5. The SMILES string of the molecule is O=C(OCCN1CCOCC1)N1CC(n2cc(C3CC3)nn2)C1. The lowest BCUT2D eigenvalue weighted by Crippen LogP contribution is -2.51. The van der Waals surface area contributed by atoms with Crippen molar-refractivity contribution in [1.82, 2.24) is 24.8 Å². The van der Waals surface area contributed by atoms with Crippen molar-refractivity contribution in [2.75, 3.05) is 52.5 Å². The minimum atomic E-state index is -0.225. The van der Waals surface area contributed by atoms with E-state index in [-0.39, 0.29) is 12.1 Å². The molecule has 3 heterocycles. The number of aromatic nitrogens is 3. The average molecular weight is 321 g/mol. The van der Waals surface area contributed by atoms with Crippen molar-refractivity contribution in [3.63, 3.8) is 0 Å². The van der Waals surface area contributed by atoms with Crippen molar-refractivity contribution in [2.45, 2.75) is 24.8 Å². The second kappa shape index (κ2) is 6.45. The molecular weight excluding hydrogens is 298 g/mol. The topological polar surface area (TPSA) is 72.7 Å². The number of ether oxygens (including phenoxy) is 2. The van der Waals surface area contributed by atoms with E-state index in [9.17, 15) is 4.79 Å². The Labute approximate surface area is 135 Å². The van der Waals surface area contributed by atoms with Crippen LogP contribution in [-0.2, 0) is 9.47 Å².